The van der Waals surface area contributed by atoms with Crippen molar-refractivity contribution in [1.82, 2.24) is 9.13 Å². The van der Waals surface area contributed by atoms with Crippen molar-refractivity contribution >= 4 is 27.3 Å². The third-order valence-electron chi connectivity index (χ3n) is 5.07. The monoisotopic (exact) mass is 366 g/mol. The molecule has 0 radical (unpaired) electrons. The zero-order valence-electron chi connectivity index (χ0n) is 14.4. The van der Waals surface area contributed by atoms with Gasteiger partial charge in [0.2, 0.25) is 0 Å². The fourth-order valence-electron chi connectivity index (χ4n) is 3.75. The lowest BCUT2D eigenvalue weighted by molar-refractivity contribution is -0.510. The molecule has 0 atom stereocenters. The average Bonchev–Trinajstić information content (AvgIpc) is 3.21. The number of halogens is 3. The SMILES string of the molecule is Cn1c2ccccc2c2cc[n+]3cn(-c4ccc(C(F)(F)F)cc4)cc3c21. The first kappa shape index (κ1) is 15.9. The van der Waals surface area contributed by atoms with Crippen molar-refractivity contribution in [1.29, 1.82) is 0 Å². The number of nitrogens with zero attached hydrogens (tertiary/aromatic N) is 3. The van der Waals surface area contributed by atoms with E-state index in [0.717, 1.165) is 34.1 Å². The predicted molar refractivity (Wildman–Crippen MR) is 97.9 cm³/mol. The standard InChI is InChI=1S/C21H15F3N3/c1-25-18-5-3-2-4-16(18)17-10-11-26-13-27(12-19(26)20(17)25)15-8-6-14(7-9-15)21(22,23)24/h2-13H,1H3/q+1. The lowest BCUT2D eigenvalue weighted by Gasteiger charge is -2.05. The second-order valence-corrected chi connectivity index (χ2v) is 6.64. The zero-order chi connectivity index (χ0) is 18.8. The second kappa shape index (κ2) is 5.36. The van der Waals surface area contributed by atoms with Crippen molar-refractivity contribution in [2.24, 2.45) is 7.05 Å². The Morgan fingerprint density at radius 1 is 0.889 bits per heavy atom. The molecule has 6 heteroatoms. The van der Waals surface area contributed by atoms with Crippen LogP contribution in [0.3, 0.4) is 0 Å². The van der Waals surface area contributed by atoms with Crippen LogP contribution in [0.4, 0.5) is 13.2 Å². The van der Waals surface area contributed by atoms with Crippen LogP contribution < -0.4 is 4.40 Å². The Morgan fingerprint density at radius 3 is 2.37 bits per heavy atom. The van der Waals surface area contributed by atoms with Gasteiger partial charge in [-0.2, -0.15) is 13.2 Å². The van der Waals surface area contributed by atoms with Gasteiger partial charge in [0.15, 0.2) is 5.52 Å². The number of aromatic nitrogens is 3. The number of aryl methyl sites for hydroxylation is 1. The van der Waals surface area contributed by atoms with Gasteiger partial charge < -0.3 is 4.57 Å². The number of benzene rings is 2. The van der Waals surface area contributed by atoms with Gasteiger partial charge in [-0.25, -0.2) is 8.97 Å². The summed E-state index contributed by atoms with van der Waals surface area (Å²) in [5.41, 5.74) is 3.25. The molecule has 0 bridgehead atoms. The summed E-state index contributed by atoms with van der Waals surface area (Å²) in [6, 6.07) is 15.5. The summed E-state index contributed by atoms with van der Waals surface area (Å²) < 4.78 is 44.4. The molecule has 3 aromatic heterocycles. The Kier molecular flexibility index (Phi) is 3.16. The average molecular weight is 366 g/mol. The van der Waals surface area contributed by atoms with E-state index >= 15 is 0 Å². The van der Waals surface area contributed by atoms with Crippen LogP contribution in [-0.2, 0) is 13.2 Å². The van der Waals surface area contributed by atoms with Gasteiger partial charge in [0, 0.05) is 23.3 Å². The molecule has 0 amide bonds. The highest BCUT2D eigenvalue weighted by Gasteiger charge is 2.30. The maximum absolute atomic E-state index is 12.8. The van der Waals surface area contributed by atoms with Gasteiger partial charge in [-0.15, -0.1) is 0 Å². The normalized spacial score (nSPS) is 12.4. The molecule has 0 saturated carbocycles. The van der Waals surface area contributed by atoms with E-state index in [1.165, 1.54) is 17.5 Å². The molecule has 0 aliphatic carbocycles. The van der Waals surface area contributed by atoms with Crippen LogP contribution in [0.2, 0.25) is 0 Å². The minimum atomic E-state index is -4.33. The van der Waals surface area contributed by atoms with Crippen LogP contribution in [0, 0.1) is 0 Å². The van der Waals surface area contributed by atoms with E-state index in [4.69, 9.17) is 0 Å². The second-order valence-electron chi connectivity index (χ2n) is 6.64. The molecule has 2 aromatic carbocycles. The topological polar surface area (TPSA) is 14.0 Å². The number of imidazole rings is 1. The van der Waals surface area contributed by atoms with Crippen molar-refractivity contribution in [3.63, 3.8) is 0 Å². The van der Waals surface area contributed by atoms with E-state index in [1.807, 2.05) is 46.9 Å². The van der Waals surface area contributed by atoms with Gasteiger partial charge in [0.05, 0.1) is 11.8 Å². The summed E-state index contributed by atoms with van der Waals surface area (Å²) in [5, 5.41) is 2.33. The first-order valence-electron chi connectivity index (χ1n) is 8.50. The van der Waals surface area contributed by atoms with Gasteiger partial charge in [0.25, 0.3) is 6.33 Å². The summed E-state index contributed by atoms with van der Waals surface area (Å²) in [6.45, 7) is 0. The highest BCUT2D eigenvalue weighted by molar-refractivity contribution is 6.11. The van der Waals surface area contributed by atoms with Crippen LogP contribution in [0.5, 0.6) is 0 Å². The summed E-state index contributed by atoms with van der Waals surface area (Å²) in [5.74, 6) is 0. The summed E-state index contributed by atoms with van der Waals surface area (Å²) in [4.78, 5) is 0. The van der Waals surface area contributed by atoms with Crippen LogP contribution >= 0.6 is 0 Å². The first-order chi connectivity index (χ1) is 12.9. The largest absolute Gasteiger partial charge is 0.416 e. The fraction of sp³-hybridized carbons (Fsp3) is 0.0952. The number of rotatable bonds is 1. The number of para-hydroxylation sites is 1. The third kappa shape index (κ3) is 2.33. The smallest absolute Gasteiger partial charge is 0.340 e. The van der Waals surface area contributed by atoms with E-state index < -0.39 is 11.7 Å². The van der Waals surface area contributed by atoms with Gasteiger partial charge >= 0.3 is 6.18 Å². The quantitative estimate of drug-likeness (QED) is 0.376. The Bertz CT molecular complexity index is 1310. The van der Waals surface area contributed by atoms with Crippen LogP contribution in [0.15, 0.2) is 73.3 Å². The van der Waals surface area contributed by atoms with Gasteiger partial charge in [-0.3, -0.25) is 0 Å². The lowest BCUT2D eigenvalue weighted by Crippen LogP contribution is -2.18. The molecule has 0 fully saturated rings. The van der Waals surface area contributed by atoms with Gasteiger partial charge in [0.1, 0.15) is 17.4 Å². The van der Waals surface area contributed by atoms with Crippen molar-refractivity contribution in [2.75, 3.05) is 0 Å². The molecule has 5 aromatic rings. The predicted octanol–water partition coefficient (Wildman–Crippen LogP) is 4.88. The summed E-state index contributed by atoms with van der Waals surface area (Å²) in [6.07, 6.45) is 1.47. The maximum atomic E-state index is 12.8. The van der Waals surface area contributed by atoms with E-state index in [-0.39, 0.29) is 0 Å². The summed E-state index contributed by atoms with van der Waals surface area (Å²) in [7, 11) is 2.03. The molecular weight excluding hydrogens is 351 g/mol. The molecule has 5 rings (SSSR count). The molecule has 0 saturated heterocycles. The Balaban J connectivity index is 1.73. The number of alkyl halides is 3. The third-order valence-corrected chi connectivity index (χ3v) is 5.07. The minimum Gasteiger partial charge on any atom is -0.340 e. The van der Waals surface area contributed by atoms with E-state index in [9.17, 15) is 13.2 Å². The number of hydrogen-bond donors (Lipinski definition) is 0. The highest BCUT2D eigenvalue weighted by Crippen LogP contribution is 2.31. The Hall–Kier alpha value is -3.28. The zero-order valence-corrected chi connectivity index (χ0v) is 14.4. The fourth-order valence-corrected chi connectivity index (χ4v) is 3.75. The Labute approximate surface area is 152 Å². The Morgan fingerprint density at radius 2 is 1.63 bits per heavy atom. The number of fused-ring (bicyclic) bond motifs is 5. The number of hydrogen-bond acceptors (Lipinski definition) is 0. The van der Waals surface area contributed by atoms with Crippen LogP contribution in [0.1, 0.15) is 5.56 Å². The first-order valence-corrected chi connectivity index (χ1v) is 8.50. The van der Waals surface area contributed by atoms with Crippen molar-refractivity contribution in [2.45, 2.75) is 6.18 Å². The van der Waals surface area contributed by atoms with E-state index in [1.54, 1.807) is 0 Å². The van der Waals surface area contributed by atoms with Gasteiger partial charge in [-0.1, -0.05) is 18.2 Å². The molecule has 0 unspecified atom stereocenters. The van der Waals surface area contributed by atoms with E-state index in [0.29, 0.717) is 5.69 Å². The van der Waals surface area contributed by atoms with Crippen LogP contribution in [0.25, 0.3) is 33.0 Å². The molecule has 27 heavy (non-hydrogen) atoms. The molecule has 0 spiro atoms. The highest BCUT2D eigenvalue weighted by atomic mass is 19.4. The number of pyridine rings is 1. The molecule has 3 nitrogen and oxygen atoms in total. The molecule has 0 aliphatic rings. The molecule has 3 heterocycles. The molecule has 0 N–H and O–H groups in total. The summed E-state index contributed by atoms with van der Waals surface area (Å²) >= 11 is 0. The molecule has 0 aliphatic heterocycles. The maximum Gasteiger partial charge on any atom is 0.416 e. The lowest BCUT2D eigenvalue weighted by atomic mass is 10.2. The molecular formula is C21H15F3N3+. The van der Waals surface area contributed by atoms with Crippen molar-refractivity contribution in [3.05, 3.63) is 78.9 Å². The van der Waals surface area contributed by atoms with Crippen molar-refractivity contribution < 1.29 is 17.6 Å². The minimum absolute atomic E-state index is 0.647. The van der Waals surface area contributed by atoms with E-state index in [2.05, 4.69) is 22.8 Å². The van der Waals surface area contributed by atoms with Crippen molar-refractivity contribution in [3.8, 4) is 5.69 Å². The molecule has 134 valence electrons. The van der Waals surface area contributed by atoms with Crippen LogP contribution in [-0.4, -0.2) is 9.13 Å². The van der Waals surface area contributed by atoms with Gasteiger partial charge in [-0.05, 0) is 36.4 Å².